The topological polar surface area (TPSA) is 28.2 Å². The van der Waals surface area contributed by atoms with Gasteiger partial charge in [-0.2, -0.15) is 0 Å². The zero-order valence-electron chi connectivity index (χ0n) is 9.74. The molecule has 0 amide bonds. The van der Waals surface area contributed by atoms with E-state index in [2.05, 4.69) is 29.3 Å². The highest BCUT2D eigenvalue weighted by molar-refractivity contribution is 7.14. The molecule has 5 heteroatoms. The Kier molecular flexibility index (Phi) is 4.05. The van der Waals surface area contributed by atoms with E-state index >= 15 is 0 Å². The van der Waals surface area contributed by atoms with Gasteiger partial charge >= 0.3 is 0 Å². The standard InChI is InChI=1S/C11H18ClN3S/c1-13-8-3-5-9(6-4-8)15(2)11-14-10(12)7-16-11/h7-9,13H,3-6H2,1-2H3. The van der Waals surface area contributed by atoms with Crippen LogP contribution in [0.25, 0.3) is 0 Å². The van der Waals surface area contributed by atoms with E-state index in [4.69, 9.17) is 11.6 Å². The van der Waals surface area contributed by atoms with Gasteiger partial charge in [0.15, 0.2) is 5.13 Å². The molecule has 0 saturated heterocycles. The smallest absolute Gasteiger partial charge is 0.186 e. The Morgan fingerprint density at radius 1 is 1.44 bits per heavy atom. The van der Waals surface area contributed by atoms with Crippen LogP contribution in [-0.2, 0) is 0 Å². The molecule has 2 rings (SSSR count). The molecule has 0 atom stereocenters. The Balaban J connectivity index is 1.93. The lowest BCUT2D eigenvalue weighted by Crippen LogP contribution is -2.39. The summed E-state index contributed by atoms with van der Waals surface area (Å²) in [6.07, 6.45) is 4.98. The molecular formula is C11H18ClN3S. The van der Waals surface area contributed by atoms with Crippen molar-refractivity contribution >= 4 is 28.1 Å². The van der Waals surface area contributed by atoms with E-state index in [-0.39, 0.29) is 0 Å². The monoisotopic (exact) mass is 259 g/mol. The number of halogens is 1. The number of hydrogen-bond donors (Lipinski definition) is 1. The van der Waals surface area contributed by atoms with Gasteiger partial charge in [0, 0.05) is 24.5 Å². The molecule has 1 heterocycles. The van der Waals surface area contributed by atoms with Crippen LogP contribution in [0.4, 0.5) is 5.13 Å². The first kappa shape index (κ1) is 12.1. The maximum Gasteiger partial charge on any atom is 0.186 e. The fraction of sp³-hybridized carbons (Fsp3) is 0.727. The summed E-state index contributed by atoms with van der Waals surface area (Å²) >= 11 is 7.48. The Morgan fingerprint density at radius 3 is 2.62 bits per heavy atom. The van der Waals surface area contributed by atoms with Crippen LogP contribution >= 0.6 is 22.9 Å². The van der Waals surface area contributed by atoms with E-state index in [0.29, 0.717) is 17.2 Å². The highest BCUT2D eigenvalue weighted by atomic mass is 35.5. The maximum atomic E-state index is 5.85. The van der Waals surface area contributed by atoms with Gasteiger partial charge in [-0.05, 0) is 32.7 Å². The molecule has 90 valence electrons. The third-order valence-electron chi connectivity index (χ3n) is 3.42. The van der Waals surface area contributed by atoms with Crippen molar-refractivity contribution in [1.82, 2.24) is 10.3 Å². The summed E-state index contributed by atoms with van der Waals surface area (Å²) < 4.78 is 0. The first-order valence-electron chi connectivity index (χ1n) is 5.72. The fourth-order valence-electron chi connectivity index (χ4n) is 2.32. The Bertz CT molecular complexity index is 334. The normalized spacial score (nSPS) is 25.7. The molecule has 0 radical (unpaired) electrons. The minimum atomic E-state index is 0.607. The average molecular weight is 260 g/mol. The van der Waals surface area contributed by atoms with Gasteiger partial charge in [0.25, 0.3) is 0 Å². The van der Waals surface area contributed by atoms with Crippen LogP contribution in [0.2, 0.25) is 5.15 Å². The van der Waals surface area contributed by atoms with Crippen LogP contribution in [0.5, 0.6) is 0 Å². The number of rotatable bonds is 3. The van der Waals surface area contributed by atoms with Gasteiger partial charge in [-0.15, -0.1) is 11.3 Å². The van der Waals surface area contributed by atoms with Crippen LogP contribution in [0, 0.1) is 0 Å². The summed E-state index contributed by atoms with van der Waals surface area (Å²) in [6, 6.07) is 1.32. The van der Waals surface area contributed by atoms with Crippen LogP contribution in [0.3, 0.4) is 0 Å². The van der Waals surface area contributed by atoms with E-state index < -0.39 is 0 Å². The lowest BCUT2D eigenvalue weighted by Gasteiger charge is -2.34. The number of hydrogen-bond acceptors (Lipinski definition) is 4. The van der Waals surface area contributed by atoms with Crippen molar-refractivity contribution < 1.29 is 0 Å². The molecule has 0 aliphatic heterocycles. The molecule has 1 aromatic rings. The largest absolute Gasteiger partial charge is 0.348 e. The third-order valence-corrected chi connectivity index (χ3v) is 4.67. The molecule has 1 aliphatic rings. The second-order valence-electron chi connectivity index (χ2n) is 4.36. The van der Waals surface area contributed by atoms with Crippen LogP contribution in [0.15, 0.2) is 5.38 Å². The molecule has 16 heavy (non-hydrogen) atoms. The van der Waals surface area contributed by atoms with E-state index in [1.54, 1.807) is 11.3 Å². The Morgan fingerprint density at radius 2 is 2.12 bits per heavy atom. The summed E-state index contributed by atoms with van der Waals surface area (Å²) in [5.74, 6) is 0. The minimum Gasteiger partial charge on any atom is -0.348 e. The van der Waals surface area contributed by atoms with Gasteiger partial charge in [-0.3, -0.25) is 0 Å². The van der Waals surface area contributed by atoms with E-state index in [0.717, 1.165) is 5.13 Å². The summed E-state index contributed by atoms with van der Waals surface area (Å²) in [7, 11) is 4.18. The molecule has 0 aromatic carbocycles. The second-order valence-corrected chi connectivity index (χ2v) is 5.58. The first-order valence-corrected chi connectivity index (χ1v) is 6.97. The number of nitrogens with zero attached hydrogens (tertiary/aromatic N) is 2. The molecule has 0 bridgehead atoms. The summed E-state index contributed by atoms with van der Waals surface area (Å²) in [5, 5.41) is 6.90. The van der Waals surface area contributed by atoms with Gasteiger partial charge < -0.3 is 10.2 Å². The van der Waals surface area contributed by atoms with Crippen molar-refractivity contribution in [3.05, 3.63) is 10.5 Å². The number of anilines is 1. The van der Waals surface area contributed by atoms with E-state index in [1.165, 1.54) is 25.7 Å². The molecule has 1 saturated carbocycles. The van der Waals surface area contributed by atoms with Crippen molar-refractivity contribution in [1.29, 1.82) is 0 Å². The highest BCUT2D eigenvalue weighted by Crippen LogP contribution is 2.29. The van der Waals surface area contributed by atoms with Crippen molar-refractivity contribution in [3.8, 4) is 0 Å². The van der Waals surface area contributed by atoms with Crippen molar-refractivity contribution in [2.75, 3.05) is 19.0 Å². The van der Waals surface area contributed by atoms with Gasteiger partial charge in [0.2, 0.25) is 0 Å². The van der Waals surface area contributed by atoms with Crippen molar-refractivity contribution in [2.24, 2.45) is 0 Å². The summed E-state index contributed by atoms with van der Waals surface area (Å²) in [5.41, 5.74) is 0. The first-order chi connectivity index (χ1) is 7.70. The lowest BCUT2D eigenvalue weighted by atomic mass is 9.91. The predicted molar refractivity (Wildman–Crippen MR) is 70.6 cm³/mol. The second kappa shape index (κ2) is 5.34. The maximum absolute atomic E-state index is 5.85. The van der Waals surface area contributed by atoms with Crippen LogP contribution < -0.4 is 10.2 Å². The van der Waals surface area contributed by atoms with Gasteiger partial charge in [-0.1, -0.05) is 11.6 Å². The summed E-state index contributed by atoms with van der Waals surface area (Å²) in [4.78, 5) is 6.60. The average Bonchev–Trinajstić information content (AvgIpc) is 2.75. The van der Waals surface area contributed by atoms with Crippen LogP contribution in [-0.4, -0.2) is 31.2 Å². The molecule has 0 unspecified atom stereocenters. The SMILES string of the molecule is CNC1CCC(N(C)c2nc(Cl)cs2)CC1. The zero-order valence-corrected chi connectivity index (χ0v) is 11.3. The molecule has 3 nitrogen and oxygen atoms in total. The molecular weight excluding hydrogens is 242 g/mol. The molecule has 1 N–H and O–H groups in total. The third kappa shape index (κ3) is 2.67. The number of aromatic nitrogens is 1. The minimum absolute atomic E-state index is 0.607. The Labute approximate surface area is 106 Å². The van der Waals surface area contributed by atoms with Crippen molar-refractivity contribution in [2.45, 2.75) is 37.8 Å². The number of nitrogens with one attached hydrogen (secondary N) is 1. The molecule has 1 aliphatic carbocycles. The molecule has 1 fully saturated rings. The number of thiazole rings is 1. The van der Waals surface area contributed by atoms with E-state index in [1.807, 2.05) is 5.38 Å². The lowest BCUT2D eigenvalue weighted by molar-refractivity contribution is 0.351. The molecule has 1 aromatic heterocycles. The van der Waals surface area contributed by atoms with E-state index in [9.17, 15) is 0 Å². The Hall–Kier alpha value is -0.320. The fourth-order valence-corrected chi connectivity index (χ4v) is 3.30. The van der Waals surface area contributed by atoms with Gasteiger partial charge in [0.1, 0.15) is 5.15 Å². The zero-order chi connectivity index (χ0) is 11.5. The van der Waals surface area contributed by atoms with Crippen molar-refractivity contribution in [3.63, 3.8) is 0 Å². The predicted octanol–water partition coefficient (Wildman–Crippen LogP) is 2.76. The van der Waals surface area contributed by atoms with Gasteiger partial charge in [0.05, 0.1) is 0 Å². The van der Waals surface area contributed by atoms with Crippen LogP contribution in [0.1, 0.15) is 25.7 Å². The summed E-state index contributed by atoms with van der Waals surface area (Å²) in [6.45, 7) is 0. The quantitative estimate of drug-likeness (QED) is 0.905. The molecule has 0 spiro atoms. The highest BCUT2D eigenvalue weighted by Gasteiger charge is 2.24. The van der Waals surface area contributed by atoms with Gasteiger partial charge in [-0.25, -0.2) is 4.98 Å².